The van der Waals surface area contributed by atoms with Crippen molar-refractivity contribution in [2.24, 2.45) is 5.92 Å². The van der Waals surface area contributed by atoms with Crippen LogP contribution in [0, 0.1) is 19.8 Å². The molecule has 0 unspecified atom stereocenters. The maximum atomic E-state index is 13.0. The summed E-state index contributed by atoms with van der Waals surface area (Å²) in [6.07, 6.45) is 8.96. The van der Waals surface area contributed by atoms with Gasteiger partial charge in [0.15, 0.2) is 0 Å². The van der Waals surface area contributed by atoms with Crippen molar-refractivity contribution >= 4 is 16.9 Å². The van der Waals surface area contributed by atoms with E-state index in [1.807, 2.05) is 42.9 Å². The van der Waals surface area contributed by atoms with E-state index in [0.717, 1.165) is 41.6 Å². The maximum absolute atomic E-state index is 13.0. The monoisotopic (exact) mass is 457 g/mol. The molecule has 0 spiro atoms. The molecule has 2 aliphatic heterocycles. The zero-order valence-electron chi connectivity index (χ0n) is 19.9. The summed E-state index contributed by atoms with van der Waals surface area (Å²) in [5, 5.41) is 4.64. The highest BCUT2D eigenvalue weighted by molar-refractivity contribution is 5.66. The predicted molar refractivity (Wildman–Crippen MR) is 134 cm³/mol. The first-order valence-corrected chi connectivity index (χ1v) is 12.4. The van der Waals surface area contributed by atoms with Crippen LogP contribution in [0.25, 0.3) is 22.6 Å². The molecule has 0 saturated carbocycles. The fraction of sp³-hybridized carbons (Fsp3) is 0.462. The van der Waals surface area contributed by atoms with Crippen molar-refractivity contribution in [2.45, 2.75) is 39.5 Å². The second-order valence-corrected chi connectivity index (χ2v) is 9.86. The molecule has 8 heteroatoms. The number of fused-ring (bicyclic) bond motifs is 2. The first-order valence-electron chi connectivity index (χ1n) is 12.4. The lowest BCUT2D eigenvalue weighted by molar-refractivity contribution is 0.249. The summed E-state index contributed by atoms with van der Waals surface area (Å²) in [5.74, 6) is 0.787. The fourth-order valence-corrected chi connectivity index (χ4v) is 5.53. The van der Waals surface area contributed by atoms with Gasteiger partial charge >= 0.3 is 0 Å². The topological polar surface area (TPSA) is 71.0 Å². The Morgan fingerprint density at radius 1 is 0.941 bits per heavy atom. The van der Waals surface area contributed by atoms with Gasteiger partial charge in [0.05, 0.1) is 34.5 Å². The Labute approximate surface area is 198 Å². The molecule has 0 bridgehead atoms. The van der Waals surface area contributed by atoms with Crippen LogP contribution in [-0.2, 0) is 0 Å². The summed E-state index contributed by atoms with van der Waals surface area (Å²) < 4.78 is 3.47. The summed E-state index contributed by atoms with van der Waals surface area (Å²) in [6.45, 7) is 9.78. The standard InChI is InChI=1S/C26H31N7O/c1-18-15-33-24(19(2)27-18)13-23(29-33)22-14-26(34)32-17-21(5-6-25(32)28-22)31-11-7-20(8-12-31)16-30-9-3-4-10-30/h5-6,13-15,17,20H,3-4,7-12,16H2,1-2H3. The predicted octanol–water partition coefficient (Wildman–Crippen LogP) is 3.33. The highest BCUT2D eigenvalue weighted by atomic mass is 16.1. The van der Waals surface area contributed by atoms with E-state index in [4.69, 9.17) is 4.98 Å². The molecule has 2 fully saturated rings. The lowest BCUT2D eigenvalue weighted by Gasteiger charge is -2.35. The highest BCUT2D eigenvalue weighted by Crippen LogP contribution is 2.26. The number of aryl methyl sites for hydroxylation is 2. The molecule has 0 N–H and O–H groups in total. The van der Waals surface area contributed by atoms with Gasteiger partial charge in [-0.05, 0) is 76.7 Å². The summed E-state index contributed by atoms with van der Waals surface area (Å²) in [4.78, 5) is 27.3. The Bertz CT molecular complexity index is 1410. The number of pyridine rings is 1. The molecule has 4 aromatic heterocycles. The molecule has 0 amide bonds. The van der Waals surface area contributed by atoms with Crippen LogP contribution in [0.3, 0.4) is 0 Å². The molecule has 8 nitrogen and oxygen atoms in total. The van der Waals surface area contributed by atoms with Gasteiger partial charge < -0.3 is 9.80 Å². The second kappa shape index (κ2) is 8.51. The average Bonchev–Trinajstić information content (AvgIpc) is 3.49. The lowest BCUT2D eigenvalue weighted by Crippen LogP contribution is -2.38. The van der Waals surface area contributed by atoms with Crippen molar-refractivity contribution < 1.29 is 0 Å². The molecule has 0 atom stereocenters. The van der Waals surface area contributed by atoms with Gasteiger partial charge in [-0.25, -0.2) is 9.50 Å². The molecule has 2 aliphatic rings. The highest BCUT2D eigenvalue weighted by Gasteiger charge is 2.23. The van der Waals surface area contributed by atoms with E-state index in [1.54, 1.807) is 10.5 Å². The SMILES string of the molecule is Cc1cn2nc(-c3cc(=O)n4cc(N5CCC(CN6CCCC6)CC5)ccc4n3)cc2c(C)n1. The molecule has 0 radical (unpaired) electrons. The first kappa shape index (κ1) is 21.3. The number of hydrogen-bond donors (Lipinski definition) is 0. The number of aromatic nitrogens is 5. The number of hydrogen-bond acceptors (Lipinski definition) is 6. The molecular formula is C26H31N7O. The minimum absolute atomic E-state index is 0.0890. The molecule has 6 rings (SSSR count). The summed E-state index contributed by atoms with van der Waals surface area (Å²) in [6, 6.07) is 7.56. The normalized spacial score (nSPS) is 17.9. The van der Waals surface area contributed by atoms with E-state index >= 15 is 0 Å². The van der Waals surface area contributed by atoms with E-state index < -0.39 is 0 Å². The molecule has 4 aromatic rings. The Morgan fingerprint density at radius 2 is 1.74 bits per heavy atom. The fourth-order valence-electron chi connectivity index (χ4n) is 5.53. The Balaban J connectivity index is 1.24. The van der Waals surface area contributed by atoms with Gasteiger partial charge in [-0.1, -0.05) is 0 Å². The van der Waals surface area contributed by atoms with Crippen molar-refractivity contribution in [3.63, 3.8) is 0 Å². The van der Waals surface area contributed by atoms with Crippen molar-refractivity contribution in [3.05, 3.63) is 58.4 Å². The third kappa shape index (κ3) is 3.96. The largest absolute Gasteiger partial charge is 0.370 e. The van der Waals surface area contributed by atoms with Crippen LogP contribution in [0.4, 0.5) is 5.69 Å². The Morgan fingerprint density at radius 3 is 2.53 bits per heavy atom. The number of anilines is 1. The minimum Gasteiger partial charge on any atom is -0.370 e. The zero-order valence-corrected chi connectivity index (χ0v) is 19.9. The van der Waals surface area contributed by atoms with Gasteiger partial charge in [0, 0.05) is 31.9 Å². The van der Waals surface area contributed by atoms with Gasteiger partial charge in [-0.15, -0.1) is 0 Å². The van der Waals surface area contributed by atoms with Crippen molar-refractivity contribution in [2.75, 3.05) is 37.6 Å². The van der Waals surface area contributed by atoms with E-state index in [9.17, 15) is 4.79 Å². The number of piperidine rings is 1. The molecule has 2 saturated heterocycles. The van der Waals surface area contributed by atoms with Crippen LogP contribution in [0.15, 0.2) is 41.5 Å². The van der Waals surface area contributed by atoms with Gasteiger partial charge in [0.2, 0.25) is 0 Å². The smallest absolute Gasteiger partial charge is 0.258 e. The third-order valence-corrected chi connectivity index (χ3v) is 7.36. The minimum atomic E-state index is -0.0890. The van der Waals surface area contributed by atoms with Gasteiger partial charge in [-0.3, -0.25) is 14.2 Å². The summed E-state index contributed by atoms with van der Waals surface area (Å²) >= 11 is 0. The molecule has 6 heterocycles. The van der Waals surface area contributed by atoms with Crippen LogP contribution in [0.5, 0.6) is 0 Å². The van der Waals surface area contributed by atoms with Crippen molar-refractivity contribution in [3.8, 4) is 11.4 Å². The third-order valence-electron chi connectivity index (χ3n) is 7.36. The number of rotatable bonds is 4. The van der Waals surface area contributed by atoms with E-state index in [0.29, 0.717) is 17.0 Å². The molecule has 0 aliphatic carbocycles. The van der Waals surface area contributed by atoms with Crippen LogP contribution in [0.2, 0.25) is 0 Å². The summed E-state index contributed by atoms with van der Waals surface area (Å²) in [7, 11) is 0. The van der Waals surface area contributed by atoms with E-state index in [1.165, 1.54) is 45.3 Å². The van der Waals surface area contributed by atoms with Crippen LogP contribution < -0.4 is 10.5 Å². The lowest BCUT2D eigenvalue weighted by atomic mass is 9.96. The van der Waals surface area contributed by atoms with Crippen LogP contribution >= 0.6 is 0 Å². The van der Waals surface area contributed by atoms with E-state index in [-0.39, 0.29) is 5.56 Å². The maximum Gasteiger partial charge on any atom is 0.258 e. The molecular weight excluding hydrogens is 426 g/mol. The zero-order chi connectivity index (χ0) is 23.2. The van der Waals surface area contributed by atoms with Crippen LogP contribution in [-0.4, -0.2) is 61.6 Å². The first-order chi connectivity index (χ1) is 16.5. The molecule has 0 aromatic carbocycles. The van der Waals surface area contributed by atoms with Gasteiger partial charge in [0.25, 0.3) is 5.56 Å². The second-order valence-electron chi connectivity index (χ2n) is 9.86. The van der Waals surface area contributed by atoms with Crippen molar-refractivity contribution in [1.29, 1.82) is 0 Å². The van der Waals surface area contributed by atoms with Crippen molar-refractivity contribution in [1.82, 2.24) is 28.9 Å². The van der Waals surface area contributed by atoms with Gasteiger partial charge in [0.1, 0.15) is 11.3 Å². The number of nitrogens with zero attached hydrogens (tertiary/aromatic N) is 7. The Kier molecular flexibility index (Phi) is 5.32. The number of likely N-dealkylation sites (tertiary alicyclic amines) is 1. The van der Waals surface area contributed by atoms with Gasteiger partial charge in [-0.2, -0.15) is 5.10 Å². The van der Waals surface area contributed by atoms with E-state index in [2.05, 4.69) is 25.9 Å². The van der Waals surface area contributed by atoms with Crippen LogP contribution in [0.1, 0.15) is 37.1 Å². The average molecular weight is 458 g/mol. The molecule has 176 valence electrons. The Hall–Kier alpha value is -3.26. The molecule has 34 heavy (non-hydrogen) atoms. The summed E-state index contributed by atoms with van der Waals surface area (Å²) in [5.41, 5.74) is 5.64. The quantitative estimate of drug-likeness (QED) is 0.468.